The van der Waals surface area contributed by atoms with Gasteiger partial charge in [0.15, 0.2) is 6.61 Å². The van der Waals surface area contributed by atoms with Gasteiger partial charge >= 0.3 is 5.97 Å². The van der Waals surface area contributed by atoms with E-state index in [1.54, 1.807) is 17.5 Å². The topological polar surface area (TPSA) is 98.5 Å². The van der Waals surface area contributed by atoms with Gasteiger partial charge in [0.25, 0.3) is 11.8 Å². The largest absolute Gasteiger partial charge is 0.455 e. The van der Waals surface area contributed by atoms with Crippen molar-refractivity contribution < 1.29 is 19.1 Å². The second-order valence-electron chi connectivity index (χ2n) is 6.81. The number of carbonyl (C=O) groups excluding carboxylic acids is 3. The molecule has 1 fully saturated rings. The van der Waals surface area contributed by atoms with Gasteiger partial charge in [-0.15, -0.1) is 11.3 Å². The number of primary amides is 1. The van der Waals surface area contributed by atoms with Gasteiger partial charge in [-0.1, -0.05) is 43.0 Å². The number of thiophene rings is 1. The van der Waals surface area contributed by atoms with Crippen LogP contribution in [0.15, 0.2) is 35.7 Å². The van der Waals surface area contributed by atoms with Crippen LogP contribution in [0.4, 0.5) is 5.00 Å². The number of carbonyl (C=O) groups is 3. The van der Waals surface area contributed by atoms with E-state index in [-0.39, 0.29) is 5.56 Å². The van der Waals surface area contributed by atoms with Crippen LogP contribution in [-0.4, -0.2) is 24.4 Å². The maximum atomic E-state index is 13.0. The minimum Gasteiger partial charge on any atom is -0.455 e. The number of benzene rings is 1. The number of ether oxygens (including phenoxy) is 1. The Morgan fingerprint density at radius 2 is 1.93 bits per heavy atom. The second kappa shape index (κ2) is 8.75. The van der Waals surface area contributed by atoms with Crippen molar-refractivity contribution in [3.05, 3.63) is 51.9 Å². The molecular weight excluding hydrogens is 400 g/mol. The van der Waals surface area contributed by atoms with Crippen molar-refractivity contribution in [2.24, 2.45) is 5.73 Å². The van der Waals surface area contributed by atoms with Gasteiger partial charge in [-0.05, 0) is 42.0 Å². The number of nitrogens with two attached hydrogens (primary N) is 1. The zero-order chi connectivity index (χ0) is 20.1. The molecule has 1 aliphatic carbocycles. The standard InChI is InChI=1S/C20H21ClN2O4S/c21-14-6-4-5-13(11-14)20(8-2-1-3-9-20)19(26)27-12-16(24)23-18-15(17(22)25)7-10-28-18/h4-7,10-11H,1-3,8-9,12H2,(H2,22,25)(H,23,24). The van der Waals surface area contributed by atoms with Gasteiger partial charge in [0.2, 0.25) is 0 Å². The van der Waals surface area contributed by atoms with Gasteiger partial charge < -0.3 is 15.8 Å². The highest BCUT2D eigenvalue weighted by atomic mass is 35.5. The van der Waals surface area contributed by atoms with E-state index in [1.807, 2.05) is 12.1 Å². The first-order chi connectivity index (χ1) is 13.4. The Hall–Kier alpha value is -2.38. The number of halogens is 1. The molecule has 0 radical (unpaired) electrons. The van der Waals surface area contributed by atoms with Crippen LogP contribution in [0, 0.1) is 0 Å². The lowest BCUT2D eigenvalue weighted by molar-refractivity contribution is -0.154. The zero-order valence-corrected chi connectivity index (χ0v) is 16.8. The summed E-state index contributed by atoms with van der Waals surface area (Å²) >= 11 is 7.30. The average molecular weight is 421 g/mol. The number of amides is 2. The number of hydrogen-bond acceptors (Lipinski definition) is 5. The summed E-state index contributed by atoms with van der Waals surface area (Å²) < 4.78 is 5.38. The quantitative estimate of drug-likeness (QED) is 0.692. The number of rotatable bonds is 6. The van der Waals surface area contributed by atoms with Crippen LogP contribution in [0.2, 0.25) is 5.02 Å². The molecule has 0 unspecified atom stereocenters. The predicted octanol–water partition coefficient (Wildman–Crippen LogP) is 3.88. The second-order valence-corrected chi connectivity index (χ2v) is 8.16. The molecule has 0 aliphatic heterocycles. The van der Waals surface area contributed by atoms with Crippen LogP contribution in [-0.2, 0) is 19.7 Å². The lowest BCUT2D eigenvalue weighted by Gasteiger charge is -2.35. The first-order valence-electron chi connectivity index (χ1n) is 9.03. The highest BCUT2D eigenvalue weighted by molar-refractivity contribution is 7.14. The van der Waals surface area contributed by atoms with Crippen molar-refractivity contribution in [2.45, 2.75) is 37.5 Å². The summed E-state index contributed by atoms with van der Waals surface area (Å²) in [6.45, 7) is -0.433. The van der Waals surface area contributed by atoms with E-state index in [0.29, 0.717) is 22.9 Å². The number of esters is 1. The van der Waals surface area contributed by atoms with Crippen molar-refractivity contribution in [2.75, 3.05) is 11.9 Å². The average Bonchev–Trinajstić information content (AvgIpc) is 3.15. The van der Waals surface area contributed by atoms with Gasteiger partial charge in [0.1, 0.15) is 5.00 Å². The third-order valence-electron chi connectivity index (χ3n) is 4.99. The van der Waals surface area contributed by atoms with Crippen LogP contribution >= 0.6 is 22.9 Å². The molecule has 0 spiro atoms. The van der Waals surface area contributed by atoms with Crippen LogP contribution in [0.1, 0.15) is 48.0 Å². The molecule has 1 saturated carbocycles. The normalized spacial score (nSPS) is 15.6. The molecule has 1 heterocycles. The first kappa shape index (κ1) is 20.4. The van der Waals surface area contributed by atoms with E-state index in [0.717, 1.165) is 24.8 Å². The van der Waals surface area contributed by atoms with Gasteiger partial charge in [-0.2, -0.15) is 0 Å². The van der Waals surface area contributed by atoms with E-state index < -0.39 is 29.8 Å². The predicted molar refractivity (Wildman–Crippen MR) is 109 cm³/mol. The highest BCUT2D eigenvalue weighted by Crippen LogP contribution is 2.41. The maximum absolute atomic E-state index is 13.0. The monoisotopic (exact) mass is 420 g/mol. The smallest absolute Gasteiger partial charge is 0.317 e. The van der Waals surface area contributed by atoms with E-state index in [2.05, 4.69) is 5.32 Å². The van der Waals surface area contributed by atoms with Crippen molar-refractivity contribution in [1.29, 1.82) is 0 Å². The van der Waals surface area contributed by atoms with Crippen molar-refractivity contribution in [3.8, 4) is 0 Å². The van der Waals surface area contributed by atoms with Crippen molar-refractivity contribution in [3.63, 3.8) is 0 Å². The minimum absolute atomic E-state index is 0.229. The molecule has 0 bridgehead atoms. The maximum Gasteiger partial charge on any atom is 0.317 e. The summed E-state index contributed by atoms with van der Waals surface area (Å²) in [6, 6.07) is 8.78. The fraction of sp³-hybridized carbons (Fsp3) is 0.350. The third-order valence-corrected chi connectivity index (χ3v) is 6.06. The van der Waals surface area contributed by atoms with E-state index in [9.17, 15) is 14.4 Å². The Balaban J connectivity index is 1.69. The molecule has 3 N–H and O–H groups in total. The Morgan fingerprint density at radius 3 is 2.61 bits per heavy atom. The number of hydrogen-bond donors (Lipinski definition) is 2. The summed E-state index contributed by atoms with van der Waals surface area (Å²) in [6.07, 6.45) is 4.19. The van der Waals surface area contributed by atoms with Gasteiger partial charge in [-0.3, -0.25) is 14.4 Å². The summed E-state index contributed by atoms with van der Waals surface area (Å²) in [5.74, 6) is -1.57. The van der Waals surface area contributed by atoms with Crippen LogP contribution < -0.4 is 11.1 Å². The molecule has 1 aliphatic rings. The van der Waals surface area contributed by atoms with Gasteiger partial charge in [-0.25, -0.2) is 0 Å². The number of nitrogens with one attached hydrogen (secondary N) is 1. The Labute approximate surface area is 172 Å². The van der Waals surface area contributed by atoms with Crippen molar-refractivity contribution >= 4 is 45.7 Å². The molecule has 1 aromatic carbocycles. The van der Waals surface area contributed by atoms with Crippen LogP contribution in [0.5, 0.6) is 0 Å². The fourth-order valence-corrected chi connectivity index (χ4v) is 4.58. The van der Waals surface area contributed by atoms with E-state index in [1.165, 1.54) is 17.4 Å². The molecule has 148 valence electrons. The van der Waals surface area contributed by atoms with E-state index in [4.69, 9.17) is 22.1 Å². The number of anilines is 1. The lowest BCUT2D eigenvalue weighted by Crippen LogP contribution is -2.40. The highest BCUT2D eigenvalue weighted by Gasteiger charge is 2.43. The fourth-order valence-electron chi connectivity index (χ4n) is 3.58. The molecular formula is C20H21ClN2O4S. The molecule has 8 heteroatoms. The Bertz CT molecular complexity index is 890. The zero-order valence-electron chi connectivity index (χ0n) is 15.2. The molecule has 0 saturated heterocycles. The van der Waals surface area contributed by atoms with E-state index >= 15 is 0 Å². The SMILES string of the molecule is NC(=O)c1ccsc1NC(=O)COC(=O)C1(c2cccc(Cl)c2)CCCCC1. The molecule has 2 aromatic rings. The molecule has 3 rings (SSSR count). The molecule has 2 amide bonds. The Morgan fingerprint density at radius 1 is 1.18 bits per heavy atom. The molecule has 0 atom stereocenters. The lowest BCUT2D eigenvalue weighted by atomic mass is 9.69. The minimum atomic E-state index is -0.787. The van der Waals surface area contributed by atoms with Crippen LogP contribution in [0.25, 0.3) is 0 Å². The molecule has 1 aromatic heterocycles. The summed E-state index contributed by atoms with van der Waals surface area (Å²) in [5.41, 5.74) is 5.53. The first-order valence-corrected chi connectivity index (χ1v) is 10.3. The van der Waals surface area contributed by atoms with Crippen molar-refractivity contribution in [1.82, 2.24) is 0 Å². The third kappa shape index (κ3) is 4.36. The van der Waals surface area contributed by atoms with Gasteiger partial charge in [0.05, 0.1) is 11.0 Å². The van der Waals surface area contributed by atoms with Crippen LogP contribution in [0.3, 0.4) is 0 Å². The van der Waals surface area contributed by atoms with Gasteiger partial charge in [0, 0.05) is 5.02 Å². The summed E-state index contributed by atoms with van der Waals surface area (Å²) in [4.78, 5) is 36.6. The molecule has 6 nitrogen and oxygen atoms in total. The summed E-state index contributed by atoms with van der Waals surface area (Å²) in [7, 11) is 0. The Kier molecular flexibility index (Phi) is 6.36. The summed E-state index contributed by atoms with van der Waals surface area (Å²) in [5, 5.41) is 5.13. The molecule has 28 heavy (non-hydrogen) atoms.